The van der Waals surface area contributed by atoms with E-state index < -0.39 is 6.09 Å². The second-order valence-electron chi connectivity index (χ2n) is 2.64. The first-order valence-electron chi connectivity index (χ1n) is 3.44. The Labute approximate surface area is 65.9 Å². The Kier molecular flexibility index (Phi) is 4.26. The summed E-state index contributed by atoms with van der Waals surface area (Å²) in [4.78, 5) is 21.3. The lowest BCUT2D eigenvalue weighted by Crippen LogP contribution is -2.30. The van der Waals surface area contributed by atoms with Crippen LogP contribution in [0.4, 0.5) is 4.79 Å². The number of imide groups is 1. The van der Waals surface area contributed by atoms with E-state index in [2.05, 4.69) is 10.1 Å². The van der Waals surface area contributed by atoms with Crippen molar-refractivity contribution >= 4 is 12.0 Å². The molecule has 0 fully saturated rings. The number of ether oxygens (including phenoxy) is 1. The zero-order chi connectivity index (χ0) is 8.85. The minimum atomic E-state index is -0.698. The van der Waals surface area contributed by atoms with Crippen LogP contribution in [-0.2, 0) is 9.53 Å². The first kappa shape index (κ1) is 9.94. The number of nitrogens with one attached hydrogen (secondary N) is 1. The van der Waals surface area contributed by atoms with Crippen molar-refractivity contribution in [1.82, 2.24) is 5.32 Å². The molecule has 0 unspecified atom stereocenters. The summed E-state index contributed by atoms with van der Waals surface area (Å²) in [6.07, 6.45) is -0.356. The molecule has 1 N–H and O–H groups in total. The van der Waals surface area contributed by atoms with Crippen LogP contribution in [0.1, 0.15) is 20.3 Å². The fraction of sp³-hybridized carbons (Fsp3) is 0.714. The molecule has 0 aliphatic heterocycles. The molecule has 4 heteroatoms. The Balaban J connectivity index is 3.61. The van der Waals surface area contributed by atoms with Crippen LogP contribution in [-0.4, -0.2) is 19.1 Å². The topological polar surface area (TPSA) is 55.4 Å². The maximum Gasteiger partial charge on any atom is 0.413 e. The van der Waals surface area contributed by atoms with Crippen molar-refractivity contribution in [2.75, 3.05) is 7.11 Å². The van der Waals surface area contributed by atoms with E-state index in [9.17, 15) is 9.59 Å². The zero-order valence-electron chi connectivity index (χ0n) is 7.01. The highest BCUT2D eigenvalue weighted by Gasteiger charge is 2.08. The molecule has 0 aliphatic rings. The van der Waals surface area contributed by atoms with Crippen molar-refractivity contribution in [2.45, 2.75) is 20.3 Å². The summed E-state index contributed by atoms with van der Waals surface area (Å²) in [6, 6.07) is 0. The average Bonchev–Trinajstić information content (AvgIpc) is 1.85. The van der Waals surface area contributed by atoms with E-state index in [4.69, 9.17) is 0 Å². The Morgan fingerprint density at radius 2 is 2.00 bits per heavy atom. The quantitative estimate of drug-likeness (QED) is 0.651. The second-order valence-corrected chi connectivity index (χ2v) is 2.64. The van der Waals surface area contributed by atoms with E-state index in [-0.39, 0.29) is 11.8 Å². The summed E-state index contributed by atoms with van der Waals surface area (Å²) in [5.41, 5.74) is 0. The molecular formula is C7H13NO3. The van der Waals surface area contributed by atoms with Crippen LogP contribution in [0.3, 0.4) is 0 Å². The zero-order valence-corrected chi connectivity index (χ0v) is 7.01. The molecule has 0 heterocycles. The third-order valence-electron chi connectivity index (χ3n) is 1.02. The van der Waals surface area contributed by atoms with E-state index >= 15 is 0 Å². The van der Waals surface area contributed by atoms with Gasteiger partial charge in [0.25, 0.3) is 0 Å². The Morgan fingerprint density at radius 3 is 2.36 bits per heavy atom. The van der Waals surface area contributed by atoms with Gasteiger partial charge in [0.05, 0.1) is 7.11 Å². The summed E-state index contributed by atoms with van der Waals surface area (Å²) in [6.45, 7) is 3.80. The highest BCUT2D eigenvalue weighted by atomic mass is 16.5. The number of alkyl carbamates (subject to hydrolysis) is 1. The smallest absolute Gasteiger partial charge is 0.413 e. The normalized spacial score (nSPS) is 9.45. The molecule has 4 nitrogen and oxygen atoms in total. The number of hydrogen-bond donors (Lipinski definition) is 1. The van der Waals surface area contributed by atoms with Gasteiger partial charge < -0.3 is 4.74 Å². The Bertz CT molecular complexity index is 154. The highest BCUT2D eigenvalue weighted by Crippen LogP contribution is 1.97. The van der Waals surface area contributed by atoms with Crippen LogP contribution in [0.25, 0.3) is 0 Å². The molecule has 0 rings (SSSR count). The molecular weight excluding hydrogens is 146 g/mol. The van der Waals surface area contributed by atoms with E-state index in [1.165, 1.54) is 7.11 Å². The van der Waals surface area contributed by atoms with Crippen LogP contribution in [0.5, 0.6) is 0 Å². The van der Waals surface area contributed by atoms with E-state index in [1.807, 2.05) is 13.8 Å². The van der Waals surface area contributed by atoms with Gasteiger partial charge in [-0.15, -0.1) is 0 Å². The fourth-order valence-electron chi connectivity index (χ4n) is 0.587. The van der Waals surface area contributed by atoms with Crippen molar-refractivity contribution in [2.24, 2.45) is 5.92 Å². The Hall–Kier alpha value is -1.06. The molecule has 2 amide bonds. The molecule has 0 saturated carbocycles. The molecule has 0 radical (unpaired) electrons. The van der Waals surface area contributed by atoms with Crippen LogP contribution in [0.15, 0.2) is 0 Å². The number of carbonyl (C=O) groups is 2. The third-order valence-corrected chi connectivity index (χ3v) is 1.02. The van der Waals surface area contributed by atoms with E-state index in [1.54, 1.807) is 0 Å². The van der Waals surface area contributed by atoms with Crippen molar-refractivity contribution in [3.05, 3.63) is 0 Å². The van der Waals surface area contributed by atoms with Gasteiger partial charge in [0, 0.05) is 6.42 Å². The summed E-state index contributed by atoms with van der Waals surface area (Å²) in [5.74, 6) is -0.0495. The number of hydrogen-bond acceptors (Lipinski definition) is 3. The minimum Gasteiger partial charge on any atom is -0.453 e. The van der Waals surface area contributed by atoms with Gasteiger partial charge in [-0.3, -0.25) is 10.1 Å². The summed E-state index contributed by atoms with van der Waals surface area (Å²) < 4.78 is 4.23. The van der Waals surface area contributed by atoms with Gasteiger partial charge in [-0.25, -0.2) is 4.79 Å². The van der Waals surface area contributed by atoms with Gasteiger partial charge in [-0.2, -0.15) is 0 Å². The highest BCUT2D eigenvalue weighted by molar-refractivity contribution is 5.91. The van der Waals surface area contributed by atoms with Crippen LogP contribution in [0, 0.1) is 5.92 Å². The van der Waals surface area contributed by atoms with Gasteiger partial charge in [-0.05, 0) is 5.92 Å². The van der Waals surface area contributed by atoms with Crippen LogP contribution >= 0.6 is 0 Å². The standard InChI is InChI=1S/C7H13NO3/c1-5(2)4-6(9)8-7(10)11-3/h5H,4H2,1-3H3,(H,8,9,10). The van der Waals surface area contributed by atoms with E-state index in [0.717, 1.165) is 0 Å². The van der Waals surface area contributed by atoms with E-state index in [0.29, 0.717) is 6.42 Å². The second kappa shape index (κ2) is 4.71. The molecule has 0 aliphatic carbocycles. The van der Waals surface area contributed by atoms with Crippen molar-refractivity contribution in [3.63, 3.8) is 0 Å². The van der Waals surface area contributed by atoms with Crippen LogP contribution in [0.2, 0.25) is 0 Å². The molecule has 0 aromatic heterocycles. The lowest BCUT2D eigenvalue weighted by Gasteiger charge is -2.03. The Morgan fingerprint density at radius 1 is 1.45 bits per heavy atom. The first-order valence-corrected chi connectivity index (χ1v) is 3.44. The van der Waals surface area contributed by atoms with Gasteiger partial charge in [0.15, 0.2) is 0 Å². The maximum absolute atomic E-state index is 10.8. The van der Waals surface area contributed by atoms with Gasteiger partial charge >= 0.3 is 6.09 Å². The number of amides is 2. The molecule has 0 saturated heterocycles. The predicted octanol–water partition coefficient (Wildman–Crippen LogP) is 0.915. The summed E-state index contributed by atoms with van der Waals surface area (Å²) >= 11 is 0. The molecule has 0 aromatic carbocycles. The maximum atomic E-state index is 10.8. The molecule has 0 aromatic rings. The molecule has 0 atom stereocenters. The number of carbonyl (C=O) groups excluding carboxylic acids is 2. The summed E-state index contributed by atoms with van der Waals surface area (Å²) in [5, 5.41) is 2.06. The number of methoxy groups -OCH3 is 1. The van der Waals surface area contributed by atoms with Crippen LogP contribution < -0.4 is 5.32 Å². The van der Waals surface area contributed by atoms with Gasteiger partial charge in [0.2, 0.25) is 5.91 Å². The average molecular weight is 159 g/mol. The van der Waals surface area contributed by atoms with Crippen molar-refractivity contribution < 1.29 is 14.3 Å². The predicted molar refractivity (Wildman–Crippen MR) is 40.0 cm³/mol. The SMILES string of the molecule is COC(=O)NC(=O)CC(C)C. The number of rotatable bonds is 2. The molecule has 0 spiro atoms. The van der Waals surface area contributed by atoms with Crippen molar-refractivity contribution in [3.8, 4) is 0 Å². The minimum absolute atomic E-state index is 0.250. The lowest BCUT2D eigenvalue weighted by molar-refractivity contribution is -0.121. The molecule has 11 heavy (non-hydrogen) atoms. The van der Waals surface area contributed by atoms with Gasteiger partial charge in [0.1, 0.15) is 0 Å². The summed E-state index contributed by atoms with van der Waals surface area (Å²) in [7, 11) is 1.22. The molecule has 0 bridgehead atoms. The van der Waals surface area contributed by atoms with Crippen molar-refractivity contribution in [1.29, 1.82) is 0 Å². The van der Waals surface area contributed by atoms with Gasteiger partial charge in [-0.1, -0.05) is 13.8 Å². The molecule has 64 valence electrons. The third kappa shape index (κ3) is 5.39. The lowest BCUT2D eigenvalue weighted by atomic mass is 10.1. The first-order chi connectivity index (χ1) is 5.06. The largest absolute Gasteiger partial charge is 0.453 e. The monoisotopic (exact) mass is 159 g/mol. The fourth-order valence-corrected chi connectivity index (χ4v) is 0.587.